The maximum Gasteiger partial charge on any atom is 0.109 e. The number of rotatable bonds is 1. The standard InChI is InChI=1S/C13H23N3/c1-12(2,3)15-7-9-16(10-8-15)13(11-14)5-4-6-13/h4-10H2,1-3H3. The van der Waals surface area contributed by atoms with E-state index in [1.54, 1.807) is 0 Å². The summed E-state index contributed by atoms with van der Waals surface area (Å²) in [5, 5.41) is 9.31. The zero-order chi connectivity index (χ0) is 11.8. The third kappa shape index (κ3) is 1.97. The van der Waals surface area contributed by atoms with Gasteiger partial charge in [0.25, 0.3) is 0 Å². The molecular weight excluding hydrogens is 198 g/mol. The van der Waals surface area contributed by atoms with Crippen LogP contribution in [-0.2, 0) is 0 Å². The Bertz CT molecular complexity index is 285. The van der Waals surface area contributed by atoms with E-state index in [0.717, 1.165) is 39.0 Å². The van der Waals surface area contributed by atoms with Crippen molar-refractivity contribution in [3.05, 3.63) is 0 Å². The zero-order valence-electron chi connectivity index (χ0n) is 10.8. The topological polar surface area (TPSA) is 30.3 Å². The van der Waals surface area contributed by atoms with Crippen LogP contribution in [0.1, 0.15) is 40.0 Å². The van der Waals surface area contributed by atoms with Gasteiger partial charge in [-0.1, -0.05) is 0 Å². The van der Waals surface area contributed by atoms with E-state index in [9.17, 15) is 5.26 Å². The molecule has 2 aliphatic rings. The Labute approximate surface area is 99.0 Å². The SMILES string of the molecule is CC(C)(C)N1CCN(C2(C#N)CCC2)CC1. The highest BCUT2D eigenvalue weighted by Crippen LogP contribution is 2.37. The van der Waals surface area contributed by atoms with E-state index in [1.807, 2.05) is 0 Å². The van der Waals surface area contributed by atoms with Gasteiger partial charge in [-0.25, -0.2) is 0 Å². The quantitative estimate of drug-likeness (QED) is 0.677. The van der Waals surface area contributed by atoms with Crippen LogP contribution < -0.4 is 0 Å². The van der Waals surface area contributed by atoms with Gasteiger partial charge in [0.2, 0.25) is 0 Å². The van der Waals surface area contributed by atoms with Crippen molar-refractivity contribution in [3.8, 4) is 6.07 Å². The molecule has 1 aliphatic heterocycles. The van der Waals surface area contributed by atoms with E-state index in [1.165, 1.54) is 6.42 Å². The summed E-state index contributed by atoms with van der Waals surface area (Å²) in [6, 6.07) is 2.55. The van der Waals surface area contributed by atoms with Crippen molar-refractivity contribution in [1.29, 1.82) is 5.26 Å². The molecule has 1 saturated heterocycles. The summed E-state index contributed by atoms with van der Waals surface area (Å²) in [6.07, 6.45) is 3.39. The van der Waals surface area contributed by atoms with Gasteiger partial charge in [0.05, 0.1) is 6.07 Å². The van der Waals surface area contributed by atoms with Gasteiger partial charge in [0.1, 0.15) is 5.54 Å². The van der Waals surface area contributed by atoms with E-state index in [2.05, 4.69) is 36.6 Å². The van der Waals surface area contributed by atoms with Crippen molar-refractivity contribution in [2.24, 2.45) is 0 Å². The fourth-order valence-corrected chi connectivity index (χ4v) is 2.82. The molecule has 1 saturated carbocycles. The van der Waals surface area contributed by atoms with Crippen LogP contribution in [0, 0.1) is 11.3 Å². The molecule has 3 nitrogen and oxygen atoms in total. The van der Waals surface area contributed by atoms with Gasteiger partial charge in [-0.05, 0) is 40.0 Å². The third-order valence-corrected chi connectivity index (χ3v) is 4.22. The lowest BCUT2D eigenvalue weighted by molar-refractivity contribution is -0.00751. The number of nitriles is 1. The molecule has 0 N–H and O–H groups in total. The second-order valence-electron chi connectivity index (χ2n) is 6.14. The second kappa shape index (κ2) is 4.01. The van der Waals surface area contributed by atoms with Gasteiger partial charge in [-0.3, -0.25) is 9.80 Å². The van der Waals surface area contributed by atoms with Crippen molar-refractivity contribution in [1.82, 2.24) is 9.80 Å². The van der Waals surface area contributed by atoms with Crippen molar-refractivity contribution in [3.63, 3.8) is 0 Å². The summed E-state index contributed by atoms with van der Waals surface area (Å²) in [6.45, 7) is 11.1. The predicted molar refractivity (Wildman–Crippen MR) is 65.1 cm³/mol. The summed E-state index contributed by atoms with van der Waals surface area (Å²) < 4.78 is 0. The van der Waals surface area contributed by atoms with Gasteiger partial charge < -0.3 is 0 Å². The lowest BCUT2D eigenvalue weighted by Gasteiger charge is -2.50. The van der Waals surface area contributed by atoms with Crippen LogP contribution >= 0.6 is 0 Å². The Balaban J connectivity index is 1.93. The van der Waals surface area contributed by atoms with Gasteiger partial charge in [0, 0.05) is 31.7 Å². The van der Waals surface area contributed by atoms with Crippen LogP contribution in [0.3, 0.4) is 0 Å². The van der Waals surface area contributed by atoms with E-state index in [0.29, 0.717) is 0 Å². The minimum atomic E-state index is -0.0933. The van der Waals surface area contributed by atoms with E-state index >= 15 is 0 Å². The number of nitrogens with zero attached hydrogens (tertiary/aromatic N) is 3. The first kappa shape index (κ1) is 11.9. The Morgan fingerprint density at radius 1 is 1.06 bits per heavy atom. The fourth-order valence-electron chi connectivity index (χ4n) is 2.82. The minimum absolute atomic E-state index is 0.0933. The molecule has 1 aliphatic carbocycles. The summed E-state index contributed by atoms with van der Waals surface area (Å²) >= 11 is 0. The Kier molecular flexibility index (Phi) is 2.98. The van der Waals surface area contributed by atoms with Crippen LogP contribution in [0.5, 0.6) is 0 Å². The lowest BCUT2D eigenvalue weighted by atomic mass is 9.76. The Morgan fingerprint density at radius 3 is 1.94 bits per heavy atom. The third-order valence-electron chi connectivity index (χ3n) is 4.22. The molecule has 2 rings (SSSR count). The summed E-state index contributed by atoms with van der Waals surface area (Å²) in [5.41, 5.74) is 0.176. The van der Waals surface area contributed by atoms with Crippen LogP contribution in [0.2, 0.25) is 0 Å². The molecular formula is C13H23N3. The first-order valence-corrected chi connectivity index (χ1v) is 6.39. The predicted octanol–water partition coefficient (Wildman–Crippen LogP) is 1.85. The molecule has 0 bridgehead atoms. The van der Waals surface area contributed by atoms with Gasteiger partial charge in [0.15, 0.2) is 0 Å². The molecule has 0 aromatic heterocycles. The van der Waals surface area contributed by atoms with E-state index < -0.39 is 0 Å². The smallest absolute Gasteiger partial charge is 0.109 e. The van der Waals surface area contributed by atoms with Crippen molar-refractivity contribution < 1.29 is 0 Å². The first-order valence-electron chi connectivity index (χ1n) is 6.39. The fraction of sp³-hybridized carbons (Fsp3) is 0.923. The molecule has 2 fully saturated rings. The van der Waals surface area contributed by atoms with Crippen LogP contribution in [0.4, 0.5) is 0 Å². The Hall–Kier alpha value is -0.590. The molecule has 0 aromatic carbocycles. The zero-order valence-corrected chi connectivity index (χ0v) is 10.8. The lowest BCUT2D eigenvalue weighted by Crippen LogP contribution is -2.61. The molecule has 16 heavy (non-hydrogen) atoms. The maximum absolute atomic E-state index is 9.31. The molecule has 0 unspecified atom stereocenters. The van der Waals surface area contributed by atoms with Crippen LogP contribution in [0.25, 0.3) is 0 Å². The molecule has 0 amide bonds. The maximum atomic E-state index is 9.31. The average Bonchev–Trinajstić information content (AvgIpc) is 2.16. The Morgan fingerprint density at radius 2 is 1.62 bits per heavy atom. The van der Waals surface area contributed by atoms with Gasteiger partial charge in [-0.15, -0.1) is 0 Å². The van der Waals surface area contributed by atoms with Crippen molar-refractivity contribution >= 4 is 0 Å². The first-order chi connectivity index (χ1) is 7.48. The van der Waals surface area contributed by atoms with Gasteiger partial charge >= 0.3 is 0 Å². The van der Waals surface area contributed by atoms with Gasteiger partial charge in [-0.2, -0.15) is 5.26 Å². The average molecular weight is 221 g/mol. The highest BCUT2D eigenvalue weighted by Gasteiger charge is 2.44. The second-order valence-corrected chi connectivity index (χ2v) is 6.14. The normalized spacial score (nSPS) is 27.1. The largest absolute Gasteiger partial charge is 0.296 e. The number of hydrogen-bond acceptors (Lipinski definition) is 3. The van der Waals surface area contributed by atoms with E-state index in [-0.39, 0.29) is 11.1 Å². The minimum Gasteiger partial charge on any atom is -0.296 e. The van der Waals surface area contributed by atoms with Crippen molar-refractivity contribution in [2.75, 3.05) is 26.2 Å². The molecule has 3 heteroatoms. The number of hydrogen-bond donors (Lipinski definition) is 0. The molecule has 90 valence electrons. The summed E-state index contributed by atoms with van der Waals surface area (Å²) in [4.78, 5) is 4.94. The molecule has 0 radical (unpaired) electrons. The molecule has 0 aromatic rings. The monoisotopic (exact) mass is 221 g/mol. The molecule has 1 heterocycles. The molecule has 0 spiro atoms. The van der Waals surface area contributed by atoms with E-state index in [4.69, 9.17) is 0 Å². The highest BCUT2D eigenvalue weighted by atomic mass is 15.3. The molecule has 0 atom stereocenters. The van der Waals surface area contributed by atoms with Crippen LogP contribution in [0.15, 0.2) is 0 Å². The summed E-state index contributed by atoms with van der Waals surface area (Å²) in [7, 11) is 0. The number of piperazine rings is 1. The van der Waals surface area contributed by atoms with Crippen molar-refractivity contribution in [2.45, 2.75) is 51.1 Å². The summed E-state index contributed by atoms with van der Waals surface area (Å²) in [5.74, 6) is 0. The van der Waals surface area contributed by atoms with Crippen LogP contribution in [-0.4, -0.2) is 47.1 Å². The highest BCUT2D eigenvalue weighted by molar-refractivity contribution is 5.14.